The van der Waals surface area contributed by atoms with E-state index in [2.05, 4.69) is 5.32 Å². The molecule has 0 aliphatic rings. The van der Waals surface area contributed by atoms with Crippen LogP contribution in [0, 0.1) is 0 Å². The van der Waals surface area contributed by atoms with Crippen LogP contribution < -0.4 is 5.32 Å². The van der Waals surface area contributed by atoms with Gasteiger partial charge in [0.25, 0.3) is 0 Å². The van der Waals surface area contributed by atoms with Crippen LogP contribution in [-0.2, 0) is 17.9 Å². The van der Waals surface area contributed by atoms with Crippen LogP contribution in [0.2, 0.25) is 0 Å². The van der Waals surface area contributed by atoms with Crippen molar-refractivity contribution in [3.05, 3.63) is 35.4 Å². The summed E-state index contributed by atoms with van der Waals surface area (Å²) in [6.45, 7) is 1.30. The molecule has 0 heterocycles. The molecule has 4 heteroatoms. The number of hydrogen-bond acceptors (Lipinski definition) is 4. The van der Waals surface area contributed by atoms with Crippen LogP contribution in [-0.4, -0.2) is 36.6 Å². The van der Waals surface area contributed by atoms with E-state index in [1.165, 1.54) is 0 Å². The molecule has 4 nitrogen and oxygen atoms in total. The first-order valence-corrected chi connectivity index (χ1v) is 5.32. The second-order valence-corrected chi connectivity index (χ2v) is 3.69. The summed E-state index contributed by atoms with van der Waals surface area (Å²) in [5, 5.41) is 21.1. The number of aliphatic hydroxyl groups is 2. The van der Waals surface area contributed by atoms with Gasteiger partial charge in [0.05, 0.1) is 25.9 Å². The summed E-state index contributed by atoms with van der Waals surface area (Å²) in [7, 11) is 1.61. The third-order valence-electron chi connectivity index (χ3n) is 2.39. The van der Waals surface area contributed by atoms with Crippen molar-refractivity contribution < 1.29 is 14.9 Å². The van der Waals surface area contributed by atoms with E-state index in [4.69, 9.17) is 14.9 Å². The van der Waals surface area contributed by atoms with Crippen molar-refractivity contribution in [1.29, 1.82) is 0 Å². The molecule has 1 aromatic rings. The maximum absolute atomic E-state index is 9.04. The van der Waals surface area contributed by atoms with E-state index >= 15 is 0 Å². The van der Waals surface area contributed by atoms with Gasteiger partial charge in [0, 0.05) is 13.7 Å². The van der Waals surface area contributed by atoms with E-state index < -0.39 is 0 Å². The van der Waals surface area contributed by atoms with Gasteiger partial charge in [-0.15, -0.1) is 0 Å². The maximum atomic E-state index is 9.04. The Bertz CT molecular complexity index is 287. The predicted molar refractivity (Wildman–Crippen MR) is 62.0 cm³/mol. The lowest BCUT2D eigenvalue weighted by molar-refractivity contribution is 0.128. The summed E-state index contributed by atoms with van der Waals surface area (Å²) in [6, 6.07) is 7.66. The fraction of sp³-hybridized carbons (Fsp3) is 0.500. The third kappa shape index (κ3) is 4.28. The van der Waals surface area contributed by atoms with Gasteiger partial charge >= 0.3 is 0 Å². The molecule has 0 aromatic heterocycles. The van der Waals surface area contributed by atoms with E-state index in [1.807, 2.05) is 24.3 Å². The van der Waals surface area contributed by atoms with Gasteiger partial charge in [-0.3, -0.25) is 0 Å². The van der Waals surface area contributed by atoms with Crippen molar-refractivity contribution >= 4 is 0 Å². The molecule has 0 spiro atoms. The average Bonchev–Trinajstić information content (AvgIpc) is 2.35. The van der Waals surface area contributed by atoms with E-state index in [0.717, 1.165) is 11.1 Å². The molecule has 0 saturated heterocycles. The standard InChI is InChI=1S/C12H19NO3/c1-16-9-12(8-15)13-6-10-2-4-11(7-14)5-3-10/h2-5,12-15H,6-9H2,1H3. The van der Waals surface area contributed by atoms with Gasteiger partial charge in [0.1, 0.15) is 0 Å². The molecule has 0 radical (unpaired) electrons. The highest BCUT2D eigenvalue weighted by Gasteiger charge is 2.05. The zero-order valence-electron chi connectivity index (χ0n) is 9.52. The summed E-state index contributed by atoms with van der Waals surface area (Å²) in [4.78, 5) is 0. The van der Waals surface area contributed by atoms with Gasteiger partial charge in [-0.2, -0.15) is 0 Å². The smallest absolute Gasteiger partial charge is 0.0681 e. The Kier molecular flexibility index (Phi) is 6.03. The monoisotopic (exact) mass is 225 g/mol. The first-order chi connectivity index (χ1) is 7.80. The van der Waals surface area contributed by atoms with Gasteiger partial charge in [-0.1, -0.05) is 24.3 Å². The molecule has 3 N–H and O–H groups in total. The van der Waals surface area contributed by atoms with E-state index in [1.54, 1.807) is 7.11 Å². The summed E-state index contributed by atoms with van der Waals surface area (Å²) in [5.74, 6) is 0. The number of rotatable bonds is 7. The van der Waals surface area contributed by atoms with Crippen LogP contribution in [0.4, 0.5) is 0 Å². The van der Waals surface area contributed by atoms with Crippen LogP contribution in [0.5, 0.6) is 0 Å². The lowest BCUT2D eigenvalue weighted by Crippen LogP contribution is -2.35. The van der Waals surface area contributed by atoms with Gasteiger partial charge in [0.15, 0.2) is 0 Å². The lowest BCUT2D eigenvalue weighted by Gasteiger charge is -2.15. The molecule has 0 amide bonds. The van der Waals surface area contributed by atoms with Crippen molar-refractivity contribution in [2.75, 3.05) is 20.3 Å². The highest BCUT2D eigenvalue weighted by molar-refractivity contribution is 5.21. The Hall–Kier alpha value is -0.940. The molecule has 1 unspecified atom stereocenters. The molecule has 1 atom stereocenters. The molecule has 0 aliphatic heterocycles. The predicted octanol–water partition coefficient (Wildman–Crippen LogP) is 0.276. The van der Waals surface area contributed by atoms with E-state index in [9.17, 15) is 0 Å². The van der Waals surface area contributed by atoms with Gasteiger partial charge in [-0.05, 0) is 11.1 Å². The van der Waals surface area contributed by atoms with Gasteiger partial charge < -0.3 is 20.3 Å². The highest BCUT2D eigenvalue weighted by Crippen LogP contribution is 2.04. The zero-order chi connectivity index (χ0) is 11.8. The second kappa shape index (κ2) is 7.35. The fourth-order valence-electron chi connectivity index (χ4n) is 1.40. The van der Waals surface area contributed by atoms with Crippen LogP contribution in [0.25, 0.3) is 0 Å². The van der Waals surface area contributed by atoms with Crippen molar-refractivity contribution in [2.45, 2.75) is 19.2 Å². The summed E-state index contributed by atoms with van der Waals surface area (Å²) in [6.07, 6.45) is 0. The van der Waals surface area contributed by atoms with Crippen LogP contribution in [0.3, 0.4) is 0 Å². The van der Waals surface area contributed by atoms with Crippen molar-refractivity contribution in [1.82, 2.24) is 5.32 Å². The average molecular weight is 225 g/mol. The van der Waals surface area contributed by atoms with Crippen molar-refractivity contribution in [3.8, 4) is 0 Å². The maximum Gasteiger partial charge on any atom is 0.0681 e. The molecule has 0 aliphatic carbocycles. The minimum absolute atomic E-state index is 0.0393. The Morgan fingerprint density at radius 3 is 2.31 bits per heavy atom. The summed E-state index contributed by atoms with van der Waals surface area (Å²) >= 11 is 0. The quantitative estimate of drug-likeness (QED) is 0.623. The normalized spacial score (nSPS) is 12.7. The Morgan fingerprint density at radius 2 is 1.81 bits per heavy atom. The van der Waals surface area contributed by atoms with Crippen molar-refractivity contribution in [2.24, 2.45) is 0 Å². The summed E-state index contributed by atoms with van der Waals surface area (Å²) < 4.78 is 4.96. The molecule has 1 aromatic carbocycles. The van der Waals surface area contributed by atoms with Crippen LogP contribution in [0.15, 0.2) is 24.3 Å². The first-order valence-electron chi connectivity index (χ1n) is 5.32. The molecule has 16 heavy (non-hydrogen) atoms. The SMILES string of the molecule is COCC(CO)NCc1ccc(CO)cc1. The molecule has 1 rings (SSSR count). The first kappa shape index (κ1) is 13.1. The van der Waals surface area contributed by atoms with E-state index in [-0.39, 0.29) is 19.3 Å². The minimum Gasteiger partial charge on any atom is -0.395 e. The lowest BCUT2D eigenvalue weighted by atomic mass is 10.1. The molecular weight excluding hydrogens is 206 g/mol. The third-order valence-corrected chi connectivity index (χ3v) is 2.39. The number of ether oxygens (including phenoxy) is 1. The number of hydrogen-bond donors (Lipinski definition) is 3. The topological polar surface area (TPSA) is 61.7 Å². The number of aliphatic hydroxyl groups excluding tert-OH is 2. The van der Waals surface area contributed by atoms with Gasteiger partial charge in [0.2, 0.25) is 0 Å². The Morgan fingerprint density at radius 1 is 1.19 bits per heavy atom. The molecular formula is C12H19NO3. The molecule has 90 valence electrons. The van der Waals surface area contributed by atoms with E-state index in [0.29, 0.717) is 13.2 Å². The number of methoxy groups -OCH3 is 1. The number of benzene rings is 1. The van der Waals surface area contributed by atoms with Crippen LogP contribution >= 0.6 is 0 Å². The van der Waals surface area contributed by atoms with Crippen LogP contribution in [0.1, 0.15) is 11.1 Å². The molecule has 0 fully saturated rings. The Labute approximate surface area is 95.9 Å². The zero-order valence-corrected chi connectivity index (χ0v) is 9.52. The van der Waals surface area contributed by atoms with Gasteiger partial charge in [-0.25, -0.2) is 0 Å². The number of nitrogens with one attached hydrogen (secondary N) is 1. The van der Waals surface area contributed by atoms with Crippen molar-refractivity contribution in [3.63, 3.8) is 0 Å². The molecule has 0 saturated carbocycles. The summed E-state index contributed by atoms with van der Waals surface area (Å²) in [5.41, 5.74) is 2.02. The molecule has 0 bridgehead atoms. The largest absolute Gasteiger partial charge is 0.395 e. The second-order valence-electron chi connectivity index (χ2n) is 3.69. The highest BCUT2D eigenvalue weighted by atomic mass is 16.5. The Balaban J connectivity index is 2.40. The fourth-order valence-corrected chi connectivity index (χ4v) is 1.40. The minimum atomic E-state index is -0.0393.